The Morgan fingerprint density at radius 2 is 2.04 bits per heavy atom. The molecule has 134 valence electrons. The highest BCUT2D eigenvalue weighted by Crippen LogP contribution is 2.28. The molecule has 0 aliphatic rings. The second-order valence-electron chi connectivity index (χ2n) is 4.46. The van der Waals surface area contributed by atoms with Crippen LogP contribution in [-0.4, -0.2) is 43.2 Å². The number of carbonyl (C=O) groups excluding carboxylic acids is 2. The summed E-state index contributed by atoms with van der Waals surface area (Å²) < 4.78 is 9.86. The van der Waals surface area contributed by atoms with E-state index in [-0.39, 0.29) is 23.8 Å². The summed E-state index contributed by atoms with van der Waals surface area (Å²) in [6, 6.07) is 4.63. The number of hydrogen-bond acceptors (Lipinski definition) is 6. The van der Waals surface area contributed by atoms with Crippen molar-refractivity contribution in [2.75, 3.05) is 25.1 Å². The van der Waals surface area contributed by atoms with Crippen LogP contribution in [0.25, 0.3) is 0 Å². The molecule has 0 radical (unpaired) electrons. The van der Waals surface area contributed by atoms with Gasteiger partial charge in [0.2, 0.25) is 6.41 Å². The number of benzene rings is 1. The summed E-state index contributed by atoms with van der Waals surface area (Å²) in [5.41, 5.74) is 5.10. The Morgan fingerprint density at radius 3 is 2.50 bits per heavy atom. The first-order chi connectivity index (χ1) is 11.5. The van der Waals surface area contributed by atoms with E-state index in [1.165, 1.54) is 6.07 Å². The van der Waals surface area contributed by atoms with Crippen molar-refractivity contribution in [1.29, 1.82) is 0 Å². The van der Waals surface area contributed by atoms with Crippen LogP contribution in [0, 0.1) is 0 Å². The first-order valence-corrected chi connectivity index (χ1v) is 7.56. The fraction of sp³-hybridized carbons (Fsp3) is 0.438. The van der Waals surface area contributed by atoms with Crippen LogP contribution in [0.4, 0.5) is 5.69 Å². The predicted octanol–water partition coefficient (Wildman–Crippen LogP) is 1.64. The fourth-order valence-corrected chi connectivity index (χ4v) is 1.58. The van der Waals surface area contributed by atoms with Gasteiger partial charge in [-0.2, -0.15) is 0 Å². The molecule has 1 aromatic carbocycles. The maximum atomic E-state index is 11.0. The van der Waals surface area contributed by atoms with E-state index in [0.29, 0.717) is 25.4 Å². The monoisotopic (exact) mass is 340 g/mol. The van der Waals surface area contributed by atoms with E-state index in [2.05, 4.69) is 10.1 Å². The van der Waals surface area contributed by atoms with Gasteiger partial charge >= 0.3 is 11.9 Å². The molecule has 0 aliphatic carbocycles. The number of rotatable bonds is 9. The molecule has 0 unspecified atom stereocenters. The second-order valence-corrected chi connectivity index (χ2v) is 4.46. The maximum Gasteiger partial charge on any atom is 0.337 e. The van der Waals surface area contributed by atoms with Gasteiger partial charge in [-0.3, -0.25) is 9.59 Å². The van der Waals surface area contributed by atoms with Gasteiger partial charge in [0.05, 0.1) is 31.0 Å². The third-order valence-corrected chi connectivity index (χ3v) is 2.69. The summed E-state index contributed by atoms with van der Waals surface area (Å²) in [6.07, 6.45) is 2.29. The van der Waals surface area contributed by atoms with Crippen molar-refractivity contribution in [2.24, 2.45) is 5.73 Å². The molecule has 4 N–H and O–H groups in total. The lowest BCUT2D eigenvalue weighted by molar-refractivity contribution is -0.141. The molecule has 0 spiro atoms. The largest absolute Gasteiger partial charge is 0.491 e. The van der Waals surface area contributed by atoms with Crippen LogP contribution in [0.5, 0.6) is 5.75 Å². The standard InChI is InChI=1S/C12H15NO4.C4H9NO2/c1-2-3-7-17-10-6-4-5-9(12(15)16)11(10)13-8-14;1-2-7-4(6)3-5/h4-6,8H,2-3,7H2,1H3,(H,13,14)(H,15,16);2-3,5H2,1H3. The van der Waals surface area contributed by atoms with Crippen molar-refractivity contribution in [3.63, 3.8) is 0 Å². The van der Waals surface area contributed by atoms with Gasteiger partial charge in [-0.15, -0.1) is 0 Å². The molecule has 24 heavy (non-hydrogen) atoms. The number of ether oxygens (including phenoxy) is 2. The lowest BCUT2D eigenvalue weighted by atomic mass is 10.1. The summed E-state index contributed by atoms with van der Waals surface area (Å²) in [4.78, 5) is 31.5. The van der Waals surface area contributed by atoms with Gasteiger partial charge in [-0.05, 0) is 25.5 Å². The van der Waals surface area contributed by atoms with E-state index in [9.17, 15) is 14.4 Å². The number of aromatic carboxylic acids is 1. The van der Waals surface area contributed by atoms with Gasteiger partial charge < -0.3 is 25.6 Å². The summed E-state index contributed by atoms with van der Waals surface area (Å²) in [6.45, 7) is 4.66. The van der Waals surface area contributed by atoms with Gasteiger partial charge in [0, 0.05) is 0 Å². The zero-order chi connectivity index (χ0) is 18.4. The minimum absolute atomic E-state index is 0.0195. The molecule has 8 heteroatoms. The summed E-state index contributed by atoms with van der Waals surface area (Å²) >= 11 is 0. The van der Waals surface area contributed by atoms with Crippen LogP contribution in [0.15, 0.2) is 18.2 Å². The molecule has 0 fully saturated rings. The van der Waals surface area contributed by atoms with Gasteiger partial charge in [0.15, 0.2) is 0 Å². The Bertz CT molecular complexity index is 533. The van der Waals surface area contributed by atoms with Crippen LogP contribution in [-0.2, 0) is 14.3 Å². The van der Waals surface area contributed by atoms with Crippen LogP contribution in [0.3, 0.4) is 0 Å². The molecule has 0 saturated heterocycles. The number of hydrogen-bond donors (Lipinski definition) is 3. The molecular formula is C16H24N2O6. The van der Waals surface area contributed by atoms with Crippen LogP contribution < -0.4 is 15.8 Å². The van der Waals surface area contributed by atoms with Crippen molar-refractivity contribution >= 4 is 24.0 Å². The second kappa shape index (κ2) is 12.9. The molecule has 0 atom stereocenters. The Kier molecular flexibility index (Phi) is 11.5. The molecule has 0 aromatic heterocycles. The Morgan fingerprint density at radius 1 is 1.33 bits per heavy atom. The predicted molar refractivity (Wildman–Crippen MR) is 89.2 cm³/mol. The quantitative estimate of drug-likeness (QED) is 0.354. The van der Waals surface area contributed by atoms with E-state index >= 15 is 0 Å². The Balaban J connectivity index is 0.000000640. The van der Waals surface area contributed by atoms with Crippen molar-refractivity contribution in [1.82, 2.24) is 0 Å². The number of amides is 1. The average molecular weight is 340 g/mol. The molecule has 0 saturated carbocycles. The number of nitrogens with two attached hydrogens (primary N) is 1. The highest BCUT2D eigenvalue weighted by Gasteiger charge is 2.14. The summed E-state index contributed by atoms with van der Waals surface area (Å²) in [7, 11) is 0. The number of carbonyl (C=O) groups is 3. The van der Waals surface area contributed by atoms with E-state index < -0.39 is 5.97 Å². The molecule has 1 amide bonds. The molecule has 1 aromatic rings. The van der Waals surface area contributed by atoms with E-state index in [0.717, 1.165) is 12.8 Å². The highest BCUT2D eigenvalue weighted by atomic mass is 16.5. The number of nitrogens with one attached hydrogen (secondary N) is 1. The van der Waals surface area contributed by atoms with Gasteiger partial charge in [-0.25, -0.2) is 4.79 Å². The summed E-state index contributed by atoms with van der Waals surface area (Å²) in [5.74, 6) is -1.07. The summed E-state index contributed by atoms with van der Waals surface area (Å²) in [5, 5.41) is 11.3. The van der Waals surface area contributed by atoms with Crippen molar-refractivity contribution in [2.45, 2.75) is 26.7 Å². The van der Waals surface area contributed by atoms with E-state index in [1.54, 1.807) is 19.1 Å². The van der Waals surface area contributed by atoms with E-state index in [4.69, 9.17) is 15.6 Å². The van der Waals surface area contributed by atoms with Gasteiger partial charge in [-0.1, -0.05) is 19.4 Å². The molecular weight excluding hydrogens is 316 g/mol. The normalized spacial score (nSPS) is 9.29. The highest BCUT2D eigenvalue weighted by molar-refractivity contribution is 5.98. The number of unbranched alkanes of at least 4 members (excludes halogenated alkanes) is 1. The van der Waals surface area contributed by atoms with Crippen LogP contribution in [0.2, 0.25) is 0 Å². The topological polar surface area (TPSA) is 128 Å². The van der Waals surface area contributed by atoms with Crippen molar-refractivity contribution in [3.05, 3.63) is 23.8 Å². The lowest BCUT2D eigenvalue weighted by Gasteiger charge is -2.12. The zero-order valence-corrected chi connectivity index (χ0v) is 13.9. The molecule has 8 nitrogen and oxygen atoms in total. The van der Waals surface area contributed by atoms with Crippen molar-refractivity contribution in [3.8, 4) is 5.75 Å². The van der Waals surface area contributed by atoms with Crippen molar-refractivity contribution < 1.29 is 29.0 Å². The first-order valence-electron chi connectivity index (χ1n) is 7.56. The molecule has 0 heterocycles. The zero-order valence-electron chi connectivity index (χ0n) is 13.9. The number of anilines is 1. The number of para-hydroxylation sites is 1. The minimum Gasteiger partial charge on any atom is -0.491 e. The lowest BCUT2D eigenvalue weighted by Crippen LogP contribution is -2.16. The average Bonchev–Trinajstić information content (AvgIpc) is 2.57. The molecule has 0 aliphatic heterocycles. The van der Waals surface area contributed by atoms with Crippen LogP contribution >= 0.6 is 0 Å². The number of carboxylic acid groups (broad SMARTS) is 1. The first kappa shape index (κ1) is 21.4. The SMILES string of the molecule is CCCCOc1cccc(C(=O)O)c1NC=O.CCOC(=O)CN. The number of esters is 1. The minimum atomic E-state index is -1.10. The smallest absolute Gasteiger partial charge is 0.337 e. The third-order valence-electron chi connectivity index (χ3n) is 2.69. The Labute approximate surface area is 140 Å². The van der Waals surface area contributed by atoms with Gasteiger partial charge in [0.1, 0.15) is 5.75 Å². The number of carboxylic acids is 1. The van der Waals surface area contributed by atoms with Gasteiger partial charge in [0.25, 0.3) is 0 Å². The maximum absolute atomic E-state index is 11.0. The van der Waals surface area contributed by atoms with Crippen LogP contribution in [0.1, 0.15) is 37.0 Å². The van der Waals surface area contributed by atoms with E-state index in [1.807, 2.05) is 6.92 Å². The Hall–Kier alpha value is -2.61. The fourth-order valence-electron chi connectivity index (χ4n) is 1.58. The third kappa shape index (κ3) is 8.14. The molecule has 0 bridgehead atoms. The molecule has 1 rings (SSSR count).